The number of nitrogens with two attached hydrogens (primary N) is 1. The maximum atomic E-state index is 11.6. The fourth-order valence-electron chi connectivity index (χ4n) is 1.93. The molecule has 0 aromatic heterocycles. The number of primary amides is 1. The predicted octanol–water partition coefficient (Wildman–Crippen LogP) is 0.339. The van der Waals surface area contributed by atoms with Gasteiger partial charge in [0.25, 0.3) is 0 Å². The zero-order chi connectivity index (χ0) is 13.8. The molecule has 5 nitrogen and oxygen atoms in total. The monoisotopic (exact) mass is 257 g/mol. The van der Waals surface area contributed by atoms with Gasteiger partial charge in [-0.2, -0.15) is 0 Å². The van der Waals surface area contributed by atoms with Crippen LogP contribution in [0.4, 0.5) is 0 Å². The molecule has 2 atom stereocenters. The third-order valence-corrected chi connectivity index (χ3v) is 3.77. The lowest BCUT2D eigenvalue weighted by Crippen LogP contribution is -2.55. The smallest absolute Gasteiger partial charge is 0.237 e. The number of carbonyl (C=O) groups is 1. The lowest BCUT2D eigenvalue weighted by atomic mass is 9.96. The first-order valence-corrected chi connectivity index (χ1v) is 6.66. The van der Waals surface area contributed by atoms with E-state index in [4.69, 9.17) is 10.5 Å². The van der Waals surface area contributed by atoms with Gasteiger partial charge in [0.05, 0.1) is 12.1 Å². The zero-order valence-corrected chi connectivity index (χ0v) is 12.0. The summed E-state index contributed by atoms with van der Waals surface area (Å²) in [6.07, 6.45) is 3.03. The Bertz CT molecular complexity index is 281. The molecule has 0 saturated heterocycles. The van der Waals surface area contributed by atoms with E-state index in [1.165, 1.54) is 0 Å². The maximum absolute atomic E-state index is 11.6. The Morgan fingerprint density at radius 2 is 2.22 bits per heavy atom. The quantitative estimate of drug-likeness (QED) is 0.625. The first-order chi connectivity index (χ1) is 8.39. The van der Waals surface area contributed by atoms with Crippen LogP contribution in [0.25, 0.3) is 0 Å². The Balaban J connectivity index is 2.43. The number of hydrogen-bond donors (Lipinski definition) is 2. The highest BCUT2D eigenvalue weighted by atomic mass is 16.5. The lowest BCUT2D eigenvalue weighted by molar-refractivity contribution is -0.124. The average molecular weight is 257 g/mol. The van der Waals surface area contributed by atoms with Crippen molar-refractivity contribution in [3.8, 4) is 0 Å². The summed E-state index contributed by atoms with van der Waals surface area (Å²) in [6.45, 7) is 5.53. The Morgan fingerprint density at radius 3 is 2.67 bits per heavy atom. The molecule has 1 aliphatic rings. The summed E-state index contributed by atoms with van der Waals surface area (Å²) in [5.74, 6) is -0.262. The molecule has 1 aliphatic carbocycles. The third-order valence-electron chi connectivity index (χ3n) is 3.77. The van der Waals surface area contributed by atoms with Crippen molar-refractivity contribution in [3.05, 3.63) is 0 Å². The second-order valence-electron chi connectivity index (χ2n) is 5.65. The van der Waals surface area contributed by atoms with Crippen molar-refractivity contribution in [2.24, 2.45) is 5.73 Å². The fraction of sp³-hybridized carbons (Fsp3) is 0.923. The Morgan fingerprint density at radius 1 is 1.61 bits per heavy atom. The predicted molar refractivity (Wildman–Crippen MR) is 72.3 cm³/mol. The number of ether oxygens (including phenoxy) is 1. The van der Waals surface area contributed by atoms with Gasteiger partial charge in [-0.05, 0) is 40.2 Å². The van der Waals surface area contributed by atoms with Gasteiger partial charge in [0.2, 0.25) is 5.91 Å². The summed E-state index contributed by atoms with van der Waals surface area (Å²) in [4.78, 5) is 13.8. The van der Waals surface area contributed by atoms with E-state index in [1.54, 1.807) is 7.11 Å². The average Bonchev–Trinajstić information content (AvgIpc) is 3.09. The van der Waals surface area contributed by atoms with Crippen LogP contribution >= 0.6 is 0 Å². The molecule has 3 N–H and O–H groups in total. The van der Waals surface area contributed by atoms with Crippen LogP contribution in [-0.4, -0.2) is 55.7 Å². The van der Waals surface area contributed by atoms with E-state index in [9.17, 15) is 4.79 Å². The summed E-state index contributed by atoms with van der Waals surface area (Å²) >= 11 is 0. The van der Waals surface area contributed by atoms with E-state index in [2.05, 4.69) is 17.1 Å². The Labute approximate surface area is 110 Å². The normalized spacial score (nSPS) is 20.7. The second kappa shape index (κ2) is 6.50. The van der Waals surface area contributed by atoms with Crippen LogP contribution in [0.1, 0.15) is 33.1 Å². The van der Waals surface area contributed by atoms with Crippen LogP contribution in [0.3, 0.4) is 0 Å². The number of rotatable bonds is 9. The van der Waals surface area contributed by atoms with Crippen molar-refractivity contribution in [1.29, 1.82) is 0 Å². The number of likely N-dealkylation sites (N-methyl/N-ethyl adjacent to an activating group) is 1. The third kappa shape index (κ3) is 4.55. The number of nitrogens with zero attached hydrogens (tertiary/aromatic N) is 1. The molecule has 5 heteroatoms. The topological polar surface area (TPSA) is 67.6 Å². The van der Waals surface area contributed by atoms with E-state index in [1.807, 2.05) is 14.0 Å². The van der Waals surface area contributed by atoms with Crippen LogP contribution in [0.5, 0.6) is 0 Å². The number of carbonyl (C=O) groups excluding carboxylic acids is 1. The van der Waals surface area contributed by atoms with Gasteiger partial charge in [-0.3, -0.25) is 4.79 Å². The van der Waals surface area contributed by atoms with Gasteiger partial charge in [0.15, 0.2) is 0 Å². The lowest BCUT2D eigenvalue weighted by Gasteiger charge is -2.31. The van der Waals surface area contributed by atoms with E-state index < -0.39 is 5.54 Å². The van der Waals surface area contributed by atoms with Crippen molar-refractivity contribution in [3.63, 3.8) is 0 Å². The molecular weight excluding hydrogens is 230 g/mol. The fourth-order valence-corrected chi connectivity index (χ4v) is 1.93. The van der Waals surface area contributed by atoms with Crippen molar-refractivity contribution < 1.29 is 9.53 Å². The second-order valence-corrected chi connectivity index (χ2v) is 5.65. The van der Waals surface area contributed by atoms with Crippen LogP contribution in [0.15, 0.2) is 0 Å². The minimum Gasteiger partial charge on any atom is -0.383 e. The molecular formula is C13H27N3O2. The van der Waals surface area contributed by atoms with Crippen LogP contribution < -0.4 is 11.1 Å². The SMILES string of the molecule is COCC(C)N(C)CCC(C)(NC1CC1)C(N)=O. The van der Waals surface area contributed by atoms with Gasteiger partial charge in [-0.15, -0.1) is 0 Å². The number of methoxy groups -OCH3 is 1. The number of hydrogen-bond acceptors (Lipinski definition) is 4. The summed E-state index contributed by atoms with van der Waals surface area (Å²) < 4.78 is 5.13. The van der Waals surface area contributed by atoms with Crippen LogP contribution in [0, 0.1) is 0 Å². The van der Waals surface area contributed by atoms with Gasteiger partial charge >= 0.3 is 0 Å². The van der Waals surface area contributed by atoms with Crippen LogP contribution in [0.2, 0.25) is 0 Å². The van der Waals surface area contributed by atoms with Crippen molar-refractivity contribution in [2.45, 2.75) is 50.7 Å². The molecule has 0 aliphatic heterocycles. The van der Waals surface area contributed by atoms with Gasteiger partial charge in [0, 0.05) is 25.7 Å². The molecule has 1 fully saturated rings. The molecule has 0 aromatic rings. The van der Waals surface area contributed by atoms with Crippen molar-refractivity contribution >= 4 is 5.91 Å². The van der Waals surface area contributed by atoms with E-state index >= 15 is 0 Å². The van der Waals surface area contributed by atoms with Crippen LogP contribution in [-0.2, 0) is 9.53 Å². The standard InChI is InChI=1S/C13H27N3O2/c1-10(9-18-4)16(3)8-7-13(2,12(14)17)15-11-5-6-11/h10-11,15H,5-9H2,1-4H3,(H2,14,17). The zero-order valence-electron chi connectivity index (χ0n) is 12.0. The highest BCUT2D eigenvalue weighted by Crippen LogP contribution is 2.24. The van der Waals surface area contributed by atoms with Gasteiger partial charge in [-0.1, -0.05) is 0 Å². The molecule has 0 radical (unpaired) electrons. The van der Waals surface area contributed by atoms with Gasteiger partial charge < -0.3 is 20.7 Å². The van der Waals surface area contributed by atoms with Gasteiger partial charge in [0.1, 0.15) is 0 Å². The van der Waals surface area contributed by atoms with E-state index in [-0.39, 0.29) is 5.91 Å². The summed E-state index contributed by atoms with van der Waals surface area (Å²) in [5.41, 5.74) is 4.93. The maximum Gasteiger partial charge on any atom is 0.237 e. The molecule has 106 valence electrons. The van der Waals surface area contributed by atoms with Crippen molar-refractivity contribution in [2.75, 3.05) is 27.3 Å². The molecule has 1 amide bonds. The Kier molecular flexibility index (Phi) is 5.56. The molecule has 0 bridgehead atoms. The number of nitrogens with one attached hydrogen (secondary N) is 1. The highest BCUT2D eigenvalue weighted by molar-refractivity contribution is 5.84. The highest BCUT2D eigenvalue weighted by Gasteiger charge is 2.36. The van der Waals surface area contributed by atoms with Gasteiger partial charge in [-0.25, -0.2) is 0 Å². The first-order valence-electron chi connectivity index (χ1n) is 6.66. The Hall–Kier alpha value is -0.650. The summed E-state index contributed by atoms with van der Waals surface area (Å²) in [5, 5.41) is 3.36. The molecule has 18 heavy (non-hydrogen) atoms. The summed E-state index contributed by atoms with van der Waals surface area (Å²) in [6, 6.07) is 0.817. The molecule has 0 heterocycles. The van der Waals surface area contributed by atoms with E-state index in [0.717, 1.165) is 25.8 Å². The van der Waals surface area contributed by atoms with Crippen molar-refractivity contribution in [1.82, 2.24) is 10.2 Å². The molecule has 1 rings (SSSR count). The molecule has 1 saturated carbocycles. The largest absolute Gasteiger partial charge is 0.383 e. The summed E-state index contributed by atoms with van der Waals surface area (Å²) in [7, 11) is 3.74. The molecule has 2 unspecified atom stereocenters. The molecule has 0 spiro atoms. The number of amides is 1. The first kappa shape index (κ1) is 15.4. The van der Waals surface area contributed by atoms with E-state index in [0.29, 0.717) is 18.7 Å². The molecule has 0 aromatic carbocycles. The minimum atomic E-state index is -0.595. The minimum absolute atomic E-state index is 0.262.